The van der Waals surface area contributed by atoms with Crippen molar-refractivity contribution in [2.75, 3.05) is 12.4 Å². The number of aromatic nitrogens is 2. The Morgan fingerprint density at radius 1 is 1.00 bits per heavy atom. The molecule has 1 unspecified atom stereocenters. The van der Waals surface area contributed by atoms with Gasteiger partial charge >= 0.3 is 216 Å². The van der Waals surface area contributed by atoms with Gasteiger partial charge < -0.3 is 10.5 Å². The van der Waals surface area contributed by atoms with Crippen molar-refractivity contribution >= 4 is 47.3 Å². The molecule has 4 N–H and O–H groups in total. The molecule has 0 saturated carbocycles. The standard InChI is InChI=1S/C34H29BClN3O2.CH3NO/c1-22-6-4-7-23(16-22)29-19-33(37-27-8-5-9-28(18-27)41-3)38-31-15-12-25(17-30(29)31)34(40,32-20-35-21-39(32)2)24-10-13-26(36)14-11-24;2-1-3/h4-21,40H,1-3H3,(H,37,38);1H,(H2,2,3). The first-order valence-corrected chi connectivity index (χ1v) is 14.3. The van der Waals surface area contributed by atoms with Crippen LogP contribution in [0, 0.1) is 6.92 Å². The second kappa shape index (κ2) is 13.2. The van der Waals surface area contributed by atoms with Crippen LogP contribution in [0.1, 0.15) is 22.4 Å². The maximum atomic E-state index is 12.5. The molecule has 9 heteroatoms. The Balaban J connectivity index is 0.00000123. The second-order valence-corrected chi connectivity index (χ2v) is 10.8. The molecule has 7 nitrogen and oxygen atoms in total. The normalized spacial score (nSPS) is 12.0. The molecule has 0 aliphatic rings. The number of nitrogens with one attached hydrogen (secondary N) is 1. The molecule has 44 heavy (non-hydrogen) atoms. The summed E-state index contributed by atoms with van der Waals surface area (Å²) in [5, 5.41) is 17.5. The third kappa shape index (κ3) is 6.22. The number of hydrogen-bond donors (Lipinski definition) is 3. The minimum absolute atomic E-state index is 0.250. The number of pyridine rings is 1. The van der Waals surface area contributed by atoms with E-state index in [1.54, 1.807) is 7.11 Å². The Morgan fingerprint density at radius 3 is 2.41 bits per heavy atom. The topological polar surface area (TPSA) is 102 Å². The van der Waals surface area contributed by atoms with Crippen molar-refractivity contribution in [1.82, 2.24) is 9.55 Å². The van der Waals surface area contributed by atoms with Gasteiger partial charge in [-0.15, -0.1) is 0 Å². The van der Waals surface area contributed by atoms with Crippen LogP contribution in [0.5, 0.6) is 5.75 Å². The van der Waals surface area contributed by atoms with Crippen LogP contribution in [0.2, 0.25) is 5.02 Å². The van der Waals surface area contributed by atoms with E-state index in [1.807, 2.05) is 91.2 Å². The number of amides is 1. The molecule has 0 aliphatic carbocycles. The smallest absolute Gasteiger partial charge is 0.372 e. The maximum absolute atomic E-state index is 12.5. The molecule has 0 aliphatic heterocycles. The van der Waals surface area contributed by atoms with Gasteiger partial charge in [-0.1, -0.05) is 6.07 Å². The number of halogens is 1. The van der Waals surface area contributed by atoms with Crippen molar-refractivity contribution in [3.05, 3.63) is 137 Å². The second-order valence-electron chi connectivity index (χ2n) is 10.4. The van der Waals surface area contributed by atoms with Crippen LogP contribution in [0.15, 0.2) is 109 Å². The number of anilines is 2. The first-order chi connectivity index (χ1) is 21.3. The summed E-state index contributed by atoms with van der Waals surface area (Å²) in [6.45, 7) is 4.02. The Kier molecular flexibility index (Phi) is 9.14. The molecule has 2 heterocycles. The number of primary amides is 1. The predicted molar refractivity (Wildman–Crippen MR) is 179 cm³/mol. The van der Waals surface area contributed by atoms with Gasteiger partial charge in [-0.05, 0) is 6.07 Å². The Bertz CT molecular complexity index is 1930. The summed E-state index contributed by atoms with van der Waals surface area (Å²) in [4.78, 5) is 13.5. The quantitative estimate of drug-likeness (QED) is 0.177. The number of hydrogen-bond acceptors (Lipinski definition) is 5. The fourth-order valence-electron chi connectivity index (χ4n) is 5.41. The Labute approximate surface area is 262 Å². The average Bonchev–Trinajstić information content (AvgIpc) is 3.47. The summed E-state index contributed by atoms with van der Waals surface area (Å²) in [6, 6.07) is 31.6. The fraction of sp³-hybridized carbons (Fsp3) is 0.114. The molecule has 0 bridgehead atoms. The van der Waals surface area contributed by atoms with E-state index < -0.39 is 5.60 Å². The van der Waals surface area contributed by atoms with Gasteiger partial charge in [0, 0.05) is 0 Å². The Hall–Kier alpha value is -4.92. The molecule has 0 saturated heterocycles. The van der Waals surface area contributed by atoms with E-state index in [1.165, 1.54) is 0 Å². The number of aliphatic hydroxyl groups is 1. The molecule has 0 spiro atoms. The number of nitrogens with zero attached hydrogens (tertiary/aromatic N) is 2. The van der Waals surface area contributed by atoms with E-state index in [4.69, 9.17) is 26.1 Å². The minimum Gasteiger partial charge on any atom is -0.372 e. The number of fused-ring (bicyclic) bond motifs is 1. The van der Waals surface area contributed by atoms with Gasteiger partial charge in [0.15, 0.2) is 0 Å². The zero-order valence-electron chi connectivity index (χ0n) is 24.7. The summed E-state index contributed by atoms with van der Waals surface area (Å²) in [5.74, 6) is 3.42. The number of ether oxygens (including phenoxy) is 1. The number of aryl methyl sites for hydroxylation is 2. The number of nitrogens with two attached hydrogens (primary N) is 1. The molecule has 1 amide bonds. The first kappa shape index (κ1) is 30.5. The molecule has 6 rings (SSSR count). The molecule has 4 aromatic carbocycles. The van der Waals surface area contributed by atoms with Crippen LogP contribution >= 0.6 is 11.6 Å². The van der Waals surface area contributed by atoms with Crippen LogP contribution in [-0.2, 0) is 17.4 Å². The summed E-state index contributed by atoms with van der Waals surface area (Å²) < 4.78 is 7.35. The molecule has 0 radical (unpaired) electrons. The van der Waals surface area contributed by atoms with Crippen molar-refractivity contribution < 1.29 is 14.6 Å². The van der Waals surface area contributed by atoms with E-state index >= 15 is 0 Å². The van der Waals surface area contributed by atoms with Crippen LogP contribution in [0.25, 0.3) is 22.0 Å². The van der Waals surface area contributed by atoms with Crippen molar-refractivity contribution in [2.45, 2.75) is 12.5 Å². The molecule has 2 aromatic heterocycles. The van der Waals surface area contributed by atoms with Crippen molar-refractivity contribution in [2.24, 2.45) is 12.8 Å². The van der Waals surface area contributed by atoms with Gasteiger partial charge in [-0.3, -0.25) is 4.79 Å². The number of methoxy groups -OCH3 is 1. The third-order valence-corrected chi connectivity index (χ3v) is 7.73. The summed E-state index contributed by atoms with van der Waals surface area (Å²) >= 11 is 6.23. The summed E-state index contributed by atoms with van der Waals surface area (Å²) in [5.41, 5.74) is 9.88. The average molecular weight is 603 g/mol. The summed E-state index contributed by atoms with van der Waals surface area (Å²) in [6.07, 6.45) is 2.19. The van der Waals surface area contributed by atoms with Gasteiger partial charge in [0.05, 0.1) is 7.11 Å². The van der Waals surface area contributed by atoms with Gasteiger partial charge in [-0.2, -0.15) is 0 Å². The number of rotatable bonds is 7. The van der Waals surface area contributed by atoms with Crippen molar-refractivity contribution in [1.29, 1.82) is 0 Å². The minimum atomic E-state index is -1.42. The van der Waals surface area contributed by atoms with Crippen LogP contribution < -0.4 is 15.8 Å². The molecular formula is C35H32BClN4O3. The zero-order valence-corrected chi connectivity index (χ0v) is 25.4. The van der Waals surface area contributed by atoms with E-state index in [0.29, 0.717) is 10.8 Å². The SMILES string of the molecule is COc1cccc(Nc2cc(-c3cccc(C)c3)c3cc(C(O)(c4ccc(Cl)cc4)c4cbcn4C)ccc3n2)c1.NC=O. The number of benzene rings is 4. The molecule has 0 fully saturated rings. The van der Waals surface area contributed by atoms with Crippen LogP contribution in [0.4, 0.5) is 11.5 Å². The number of carbonyl (C=O) groups is 1. The first-order valence-electron chi connectivity index (χ1n) is 14.0. The molecule has 220 valence electrons. The van der Waals surface area contributed by atoms with Crippen LogP contribution in [-0.4, -0.2) is 35.1 Å². The monoisotopic (exact) mass is 602 g/mol. The Morgan fingerprint density at radius 2 is 1.73 bits per heavy atom. The number of carbonyl (C=O) groups excluding carboxylic acids is 1. The van der Waals surface area contributed by atoms with Crippen molar-refractivity contribution in [3.8, 4) is 16.9 Å². The molecule has 6 aromatic rings. The fourth-order valence-corrected chi connectivity index (χ4v) is 5.53. The van der Waals surface area contributed by atoms with E-state index in [-0.39, 0.29) is 6.41 Å². The van der Waals surface area contributed by atoms with Gasteiger partial charge in [-0.25, -0.2) is 0 Å². The third-order valence-electron chi connectivity index (χ3n) is 7.47. The predicted octanol–water partition coefficient (Wildman–Crippen LogP) is 6.68. The van der Waals surface area contributed by atoms with Crippen molar-refractivity contribution in [3.63, 3.8) is 0 Å². The van der Waals surface area contributed by atoms with E-state index in [9.17, 15) is 5.11 Å². The molecule has 1 atom stereocenters. The van der Waals surface area contributed by atoms with Gasteiger partial charge in [0.2, 0.25) is 6.41 Å². The molecular weight excluding hydrogens is 571 g/mol. The van der Waals surface area contributed by atoms with Gasteiger partial charge in [0.1, 0.15) is 5.75 Å². The van der Waals surface area contributed by atoms with Gasteiger partial charge in [0.25, 0.3) is 0 Å². The van der Waals surface area contributed by atoms with E-state index in [0.717, 1.165) is 55.9 Å². The zero-order chi connectivity index (χ0) is 31.3. The van der Waals surface area contributed by atoms with Crippen LogP contribution in [0.3, 0.4) is 0 Å². The summed E-state index contributed by atoms with van der Waals surface area (Å²) in [7, 11) is 3.59. The van der Waals surface area contributed by atoms with E-state index in [2.05, 4.69) is 54.4 Å².